The van der Waals surface area contributed by atoms with Crippen molar-refractivity contribution in [3.05, 3.63) is 84.6 Å². The second-order valence-electron chi connectivity index (χ2n) is 7.64. The number of benzene rings is 3. The lowest BCUT2D eigenvalue weighted by Gasteiger charge is -2.07. The topological polar surface area (TPSA) is 96.8 Å². The summed E-state index contributed by atoms with van der Waals surface area (Å²) in [4.78, 5) is 18.9. The summed E-state index contributed by atoms with van der Waals surface area (Å²) in [5.74, 6) is -0.0763. The van der Waals surface area contributed by atoms with E-state index < -0.39 is 15.8 Å². The molecule has 0 radical (unpaired) electrons. The Kier molecular flexibility index (Phi) is 4.98. The summed E-state index contributed by atoms with van der Waals surface area (Å²) in [6, 6.07) is 17.7. The molecule has 7 nitrogen and oxygen atoms in total. The maximum atomic E-state index is 14.1. The number of aromatic amines is 1. The van der Waals surface area contributed by atoms with E-state index >= 15 is 0 Å². The zero-order valence-corrected chi connectivity index (χ0v) is 18.4. The molecule has 2 aromatic heterocycles. The summed E-state index contributed by atoms with van der Waals surface area (Å²) < 4.78 is 41.9. The molecular weight excluding hydrogens is 443 g/mol. The summed E-state index contributed by atoms with van der Waals surface area (Å²) in [6.45, 7) is 1.70. The van der Waals surface area contributed by atoms with Crippen LogP contribution in [0.4, 0.5) is 4.39 Å². The molecule has 0 aliphatic heterocycles. The monoisotopic (exact) mass is 462 g/mol. The van der Waals surface area contributed by atoms with Gasteiger partial charge in [0.1, 0.15) is 11.6 Å². The number of halogens is 1. The second-order valence-corrected chi connectivity index (χ2v) is 9.46. The molecule has 0 bridgehead atoms. The first-order chi connectivity index (χ1) is 15.8. The quantitative estimate of drug-likeness (QED) is 0.409. The van der Waals surface area contributed by atoms with Crippen LogP contribution in [0, 0.1) is 5.82 Å². The van der Waals surface area contributed by atoms with Gasteiger partial charge in [-0.05, 0) is 48.0 Å². The van der Waals surface area contributed by atoms with Crippen LogP contribution in [0.5, 0.6) is 0 Å². The fourth-order valence-corrected chi connectivity index (χ4v) is 5.21. The van der Waals surface area contributed by atoms with Crippen LogP contribution in [0.3, 0.4) is 0 Å². The van der Waals surface area contributed by atoms with Crippen molar-refractivity contribution < 1.29 is 17.6 Å². The van der Waals surface area contributed by atoms with Gasteiger partial charge in [-0.25, -0.2) is 21.8 Å². The van der Waals surface area contributed by atoms with Gasteiger partial charge in [0.25, 0.3) is 10.0 Å². The van der Waals surface area contributed by atoms with Gasteiger partial charge in [0.15, 0.2) is 0 Å². The molecule has 0 aliphatic carbocycles. The smallest absolute Gasteiger partial charge is 0.268 e. The zero-order chi connectivity index (χ0) is 23.2. The standard InChI is InChI=1S/C24H19FN4O3S/c1-15(30)26-13-24-27-21-10-7-16(11-22(21)28-24)20-14-29(23-12-17(25)8-9-19(20)23)33(31,32)18-5-3-2-4-6-18/h2-12,14H,13H2,1H3,(H,26,30)(H,27,28). The van der Waals surface area contributed by atoms with E-state index in [1.807, 2.05) is 18.2 Å². The Balaban J connectivity index is 1.66. The van der Waals surface area contributed by atoms with Gasteiger partial charge in [-0.1, -0.05) is 24.3 Å². The van der Waals surface area contributed by atoms with Crippen LogP contribution in [0.25, 0.3) is 33.1 Å². The number of H-pyrrole nitrogens is 1. The fourth-order valence-electron chi connectivity index (χ4n) is 3.83. The van der Waals surface area contributed by atoms with Crippen LogP contribution in [-0.2, 0) is 21.4 Å². The molecule has 1 amide bonds. The number of fused-ring (bicyclic) bond motifs is 2. The van der Waals surface area contributed by atoms with E-state index in [2.05, 4.69) is 15.3 Å². The lowest BCUT2D eigenvalue weighted by molar-refractivity contribution is -0.119. The van der Waals surface area contributed by atoms with E-state index in [1.54, 1.807) is 24.3 Å². The third kappa shape index (κ3) is 3.76. The molecule has 0 aliphatic rings. The van der Waals surface area contributed by atoms with Crippen LogP contribution in [-0.4, -0.2) is 28.3 Å². The van der Waals surface area contributed by atoms with E-state index in [1.165, 1.54) is 37.4 Å². The number of carbonyl (C=O) groups excluding carboxylic acids is 1. The summed E-state index contributed by atoms with van der Waals surface area (Å²) in [7, 11) is -3.93. The van der Waals surface area contributed by atoms with Crippen molar-refractivity contribution in [3.8, 4) is 11.1 Å². The minimum absolute atomic E-state index is 0.115. The minimum atomic E-state index is -3.93. The van der Waals surface area contributed by atoms with E-state index in [0.717, 1.165) is 15.1 Å². The van der Waals surface area contributed by atoms with E-state index in [0.29, 0.717) is 22.3 Å². The van der Waals surface area contributed by atoms with Gasteiger partial charge in [-0.2, -0.15) is 0 Å². The van der Waals surface area contributed by atoms with Gasteiger partial charge in [0, 0.05) is 24.1 Å². The van der Waals surface area contributed by atoms with E-state index in [9.17, 15) is 17.6 Å². The first-order valence-corrected chi connectivity index (χ1v) is 11.6. The van der Waals surface area contributed by atoms with Crippen molar-refractivity contribution in [2.75, 3.05) is 0 Å². The molecule has 33 heavy (non-hydrogen) atoms. The molecule has 5 rings (SSSR count). The van der Waals surface area contributed by atoms with Gasteiger partial charge in [0.2, 0.25) is 5.91 Å². The SMILES string of the molecule is CC(=O)NCc1nc2ccc(-c3cn(S(=O)(=O)c4ccccc4)c4cc(F)ccc34)cc2[nH]1. The minimum Gasteiger partial charge on any atom is -0.349 e. The number of aromatic nitrogens is 3. The highest BCUT2D eigenvalue weighted by Crippen LogP contribution is 2.34. The summed E-state index contributed by atoms with van der Waals surface area (Å²) >= 11 is 0. The predicted molar refractivity (Wildman–Crippen MR) is 124 cm³/mol. The van der Waals surface area contributed by atoms with Crippen molar-refractivity contribution >= 4 is 37.9 Å². The molecule has 2 N–H and O–H groups in total. The van der Waals surface area contributed by atoms with Crippen LogP contribution in [0.2, 0.25) is 0 Å². The molecule has 0 atom stereocenters. The summed E-state index contributed by atoms with van der Waals surface area (Å²) in [5.41, 5.74) is 3.10. The van der Waals surface area contributed by atoms with Crippen molar-refractivity contribution in [1.82, 2.24) is 19.3 Å². The summed E-state index contributed by atoms with van der Waals surface area (Å²) in [5, 5.41) is 3.30. The molecule has 0 saturated carbocycles. The average Bonchev–Trinajstić information content (AvgIpc) is 3.39. The maximum absolute atomic E-state index is 14.1. The molecule has 5 aromatic rings. The number of nitrogens with one attached hydrogen (secondary N) is 2. The van der Waals surface area contributed by atoms with Gasteiger partial charge in [0.05, 0.1) is 28.0 Å². The maximum Gasteiger partial charge on any atom is 0.268 e. The normalized spacial score (nSPS) is 11.8. The Morgan fingerprint density at radius 2 is 1.88 bits per heavy atom. The van der Waals surface area contributed by atoms with Crippen molar-refractivity contribution in [2.45, 2.75) is 18.4 Å². The number of hydrogen-bond donors (Lipinski definition) is 2. The number of carbonyl (C=O) groups is 1. The summed E-state index contributed by atoms with van der Waals surface area (Å²) in [6.07, 6.45) is 1.52. The van der Waals surface area contributed by atoms with Crippen molar-refractivity contribution in [1.29, 1.82) is 0 Å². The Hall–Kier alpha value is -3.98. The van der Waals surface area contributed by atoms with Gasteiger partial charge < -0.3 is 10.3 Å². The van der Waals surface area contributed by atoms with Gasteiger partial charge >= 0.3 is 0 Å². The Bertz CT molecular complexity index is 1620. The van der Waals surface area contributed by atoms with E-state index in [-0.39, 0.29) is 22.9 Å². The van der Waals surface area contributed by atoms with Crippen LogP contribution < -0.4 is 5.32 Å². The Morgan fingerprint density at radius 1 is 1.09 bits per heavy atom. The van der Waals surface area contributed by atoms with E-state index in [4.69, 9.17) is 0 Å². The third-order valence-corrected chi connectivity index (χ3v) is 7.07. The number of amides is 1. The zero-order valence-electron chi connectivity index (χ0n) is 17.5. The molecule has 9 heteroatoms. The Labute approximate surface area is 188 Å². The molecule has 166 valence electrons. The van der Waals surface area contributed by atoms with Crippen LogP contribution >= 0.6 is 0 Å². The number of imidazole rings is 1. The molecule has 0 fully saturated rings. The molecule has 3 aromatic carbocycles. The fraction of sp³-hybridized carbons (Fsp3) is 0.0833. The van der Waals surface area contributed by atoms with Crippen molar-refractivity contribution in [2.24, 2.45) is 0 Å². The highest BCUT2D eigenvalue weighted by atomic mass is 32.2. The number of rotatable bonds is 5. The second kappa shape index (κ2) is 7.86. The average molecular weight is 463 g/mol. The molecule has 0 saturated heterocycles. The first kappa shape index (κ1) is 20.9. The van der Waals surface area contributed by atoms with Crippen LogP contribution in [0.15, 0.2) is 77.8 Å². The van der Waals surface area contributed by atoms with Gasteiger partial charge in [-0.3, -0.25) is 4.79 Å². The van der Waals surface area contributed by atoms with Crippen LogP contribution in [0.1, 0.15) is 12.7 Å². The molecule has 0 unspecified atom stereocenters. The number of nitrogens with zero attached hydrogens (tertiary/aromatic N) is 2. The Morgan fingerprint density at radius 3 is 2.64 bits per heavy atom. The molecule has 2 heterocycles. The lowest BCUT2D eigenvalue weighted by Crippen LogP contribution is -2.19. The third-order valence-electron chi connectivity index (χ3n) is 5.38. The van der Waals surface area contributed by atoms with Crippen molar-refractivity contribution in [3.63, 3.8) is 0 Å². The molecule has 0 spiro atoms. The predicted octanol–water partition coefficient (Wildman–Crippen LogP) is 4.20. The molecular formula is C24H19FN4O3S. The number of hydrogen-bond acceptors (Lipinski definition) is 4. The highest BCUT2D eigenvalue weighted by Gasteiger charge is 2.22. The largest absolute Gasteiger partial charge is 0.349 e. The lowest BCUT2D eigenvalue weighted by atomic mass is 10.0. The first-order valence-electron chi connectivity index (χ1n) is 10.2. The highest BCUT2D eigenvalue weighted by molar-refractivity contribution is 7.90. The van der Waals surface area contributed by atoms with Gasteiger partial charge in [-0.15, -0.1) is 0 Å².